The number of carbonyl (C=O) groups excluding carboxylic acids is 2. The second-order valence-electron chi connectivity index (χ2n) is 8.54. The summed E-state index contributed by atoms with van der Waals surface area (Å²) in [5.41, 5.74) is 3.40. The maximum Gasteiger partial charge on any atom is 0.301 e. The Morgan fingerprint density at radius 1 is 1.08 bits per heavy atom. The van der Waals surface area contributed by atoms with Crippen LogP contribution in [0.3, 0.4) is 0 Å². The summed E-state index contributed by atoms with van der Waals surface area (Å²) in [5.74, 6) is -1.97. The molecule has 1 aliphatic heterocycles. The predicted molar refractivity (Wildman–Crippen MR) is 138 cm³/mol. The van der Waals surface area contributed by atoms with E-state index < -0.39 is 22.7 Å². The maximum atomic E-state index is 13.4. The van der Waals surface area contributed by atoms with Crippen LogP contribution in [0.15, 0.2) is 72.3 Å². The van der Waals surface area contributed by atoms with E-state index in [2.05, 4.69) is 4.98 Å². The summed E-state index contributed by atoms with van der Waals surface area (Å²) in [4.78, 5) is 43.2. The molecule has 36 heavy (non-hydrogen) atoms. The van der Waals surface area contributed by atoms with Crippen LogP contribution in [0.25, 0.3) is 16.0 Å². The largest absolute Gasteiger partial charge is 0.507 e. The number of aryl methyl sites for hydroxylation is 2. The first-order valence-electron chi connectivity index (χ1n) is 11.3. The minimum Gasteiger partial charge on any atom is -0.507 e. The number of thiazole rings is 1. The zero-order valence-electron chi connectivity index (χ0n) is 19.5. The molecule has 0 radical (unpaired) electrons. The number of anilines is 1. The van der Waals surface area contributed by atoms with E-state index in [4.69, 9.17) is 0 Å². The number of hydrogen-bond acceptors (Lipinski definition) is 7. The number of benzene rings is 3. The number of carbonyl (C=O) groups is 2. The van der Waals surface area contributed by atoms with Crippen molar-refractivity contribution < 1.29 is 19.6 Å². The number of nitro benzene ring substituents is 1. The Bertz CT molecular complexity index is 1550. The molecular formula is C27H21N3O5S. The van der Waals surface area contributed by atoms with Gasteiger partial charge in [-0.25, -0.2) is 4.98 Å². The Morgan fingerprint density at radius 3 is 2.42 bits per heavy atom. The fourth-order valence-electron chi connectivity index (χ4n) is 4.27. The molecule has 0 aliphatic carbocycles. The number of nitro groups is 1. The SMILES string of the molecule is CCc1ccc2nc(N3C(=O)C(=O)C(=C(O)c4ccc(C)cc4)C3c3ccc([N+](=O)[O-])cc3)sc2c1. The Morgan fingerprint density at radius 2 is 1.78 bits per heavy atom. The molecule has 180 valence electrons. The molecule has 4 aromatic rings. The summed E-state index contributed by atoms with van der Waals surface area (Å²) in [7, 11) is 0. The lowest BCUT2D eigenvalue weighted by Crippen LogP contribution is -2.29. The number of aromatic nitrogens is 1. The van der Waals surface area contributed by atoms with Crippen molar-refractivity contribution in [1.29, 1.82) is 0 Å². The van der Waals surface area contributed by atoms with E-state index in [0.717, 1.165) is 22.2 Å². The number of fused-ring (bicyclic) bond motifs is 1. The average molecular weight is 500 g/mol. The number of rotatable bonds is 5. The van der Waals surface area contributed by atoms with Crippen LogP contribution in [0.4, 0.5) is 10.8 Å². The molecule has 5 rings (SSSR count). The van der Waals surface area contributed by atoms with Gasteiger partial charge in [0.1, 0.15) is 5.76 Å². The molecule has 1 amide bonds. The van der Waals surface area contributed by atoms with Gasteiger partial charge in [-0.05, 0) is 48.7 Å². The Labute approximate surface area is 210 Å². The Kier molecular flexibility index (Phi) is 5.85. The van der Waals surface area contributed by atoms with Gasteiger partial charge in [-0.1, -0.05) is 54.2 Å². The van der Waals surface area contributed by atoms with Crippen LogP contribution in [0.2, 0.25) is 0 Å². The smallest absolute Gasteiger partial charge is 0.301 e. The molecule has 1 unspecified atom stereocenters. The van der Waals surface area contributed by atoms with Crippen LogP contribution in [0.5, 0.6) is 0 Å². The minimum atomic E-state index is -1.00. The molecular weight excluding hydrogens is 478 g/mol. The molecule has 1 fully saturated rings. The number of hydrogen-bond donors (Lipinski definition) is 1. The van der Waals surface area contributed by atoms with Crippen LogP contribution in [-0.4, -0.2) is 26.7 Å². The number of aliphatic hydroxyl groups is 1. The van der Waals surface area contributed by atoms with Gasteiger partial charge in [-0.2, -0.15) is 0 Å². The van der Waals surface area contributed by atoms with Crippen molar-refractivity contribution in [3.8, 4) is 0 Å². The standard InChI is InChI=1S/C27H21N3O5S/c1-3-16-6-13-20-21(14-16)36-27(28-20)29-23(17-9-11-19(12-10-17)30(34)35)22(25(32)26(29)33)24(31)18-7-4-15(2)5-8-18/h4-14,23,31H,3H2,1-2H3. The lowest BCUT2D eigenvalue weighted by Gasteiger charge is -2.22. The highest BCUT2D eigenvalue weighted by Gasteiger charge is 2.48. The van der Waals surface area contributed by atoms with Crippen LogP contribution in [0, 0.1) is 17.0 Å². The van der Waals surface area contributed by atoms with E-state index in [1.165, 1.54) is 40.5 Å². The summed E-state index contributed by atoms with van der Waals surface area (Å²) in [6.45, 7) is 3.94. The van der Waals surface area contributed by atoms with Gasteiger partial charge in [0.2, 0.25) is 0 Å². The van der Waals surface area contributed by atoms with Crippen LogP contribution in [-0.2, 0) is 16.0 Å². The van der Waals surface area contributed by atoms with Gasteiger partial charge < -0.3 is 5.11 Å². The predicted octanol–water partition coefficient (Wildman–Crippen LogP) is 5.70. The van der Waals surface area contributed by atoms with E-state index in [1.54, 1.807) is 24.3 Å². The number of Topliss-reactive ketones (excluding diaryl/α,β-unsaturated/α-hetero) is 1. The molecule has 1 saturated heterocycles. The minimum absolute atomic E-state index is 0.0915. The number of nitrogens with zero attached hydrogens (tertiary/aromatic N) is 3. The second kappa shape index (κ2) is 9.01. The van der Waals surface area contributed by atoms with Gasteiger partial charge in [-0.15, -0.1) is 0 Å². The molecule has 0 bridgehead atoms. The van der Waals surface area contributed by atoms with E-state index in [-0.39, 0.29) is 17.0 Å². The van der Waals surface area contributed by atoms with Gasteiger partial charge in [0, 0.05) is 17.7 Å². The quantitative estimate of drug-likeness (QED) is 0.124. The zero-order chi connectivity index (χ0) is 25.6. The monoisotopic (exact) mass is 499 g/mol. The van der Waals surface area contributed by atoms with Crippen molar-refractivity contribution in [2.75, 3.05) is 4.90 Å². The van der Waals surface area contributed by atoms with Crippen LogP contribution >= 0.6 is 11.3 Å². The summed E-state index contributed by atoms with van der Waals surface area (Å²) in [6, 6.07) is 17.4. The highest BCUT2D eigenvalue weighted by molar-refractivity contribution is 7.22. The van der Waals surface area contributed by atoms with Gasteiger partial charge in [-0.3, -0.25) is 24.6 Å². The van der Waals surface area contributed by atoms with Gasteiger partial charge in [0.05, 0.1) is 26.8 Å². The third kappa shape index (κ3) is 3.93. The molecule has 1 aliphatic rings. The second-order valence-corrected chi connectivity index (χ2v) is 9.54. The van der Waals surface area contributed by atoms with Crippen LogP contribution in [0.1, 0.15) is 35.2 Å². The zero-order valence-corrected chi connectivity index (χ0v) is 20.3. The summed E-state index contributed by atoms with van der Waals surface area (Å²) in [5, 5.41) is 22.7. The Balaban J connectivity index is 1.71. The normalized spacial score (nSPS) is 17.2. The molecule has 1 atom stereocenters. The van der Waals surface area contributed by atoms with Gasteiger partial charge >= 0.3 is 5.91 Å². The van der Waals surface area contributed by atoms with E-state index in [1.807, 2.05) is 32.0 Å². The first-order chi connectivity index (χ1) is 17.3. The fourth-order valence-corrected chi connectivity index (χ4v) is 5.33. The number of ketones is 1. The third-order valence-corrected chi connectivity index (χ3v) is 7.26. The molecule has 1 aromatic heterocycles. The number of aliphatic hydroxyl groups excluding tert-OH is 1. The van der Waals surface area contributed by atoms with Gasteiger partial charge in [0.25, 0.3) is 11.5 Å². The van der Waals surface area contributed by atoms with Crippen molar-refractivity contribution >= 4 is 49.8 Å². The van der Waals surface area contributed by atoms with Crippen molar-refractivity contribution in [3.63, 3.8) is 0 Å². The summed E-state index contributed by atoms with van der Waals surface area (Å²) >= 11 is 1.28. The molecule has 1 N–H and O–H groups in total. The number of amides is 1. The maximum absolute atomic E-state index is 13.4. The molecule has 3 aromatic carbocycles. The Hall–Kier alpha value is -4.37. The summed E-state index contributed by atoms with van der Waals surface area (Å²) in [6.07, 6.45) is 0.840. The highest BCUT2D eigenvalue weighted by Crippen LogP contribution is 2.44. The van der Waals surface area contributed by atoms with E-state index in [0.29, 0.717) is 21.8 Å². The van der Waals surface area contributed by atoms with Crippen molar-refractivity contribution in [1.82, 2.24) is 4.98 Å². The first-order valence-corrected chi connectivity index (χ1v) is 12.1. The lowest BCUT2D eigenvalue weighted by atomic mass is 9.95. The van der Waals surface area contributed by atoms with Gasteiger partial charge in [0.15, 0.2) is 5.13 Å². The van der Waals surface area contributed by atoms with Crippen molar-refractivity contribution in [3.05, 3.63) is 105 Å². The van der Waals surface area contributed by atoms with E-state index in [9.17, 15) is 24.8 Å². The highest BCUT2D eigenvalue weighted by atomic mass is 32.1. The molecule has 9 heteroatoms. The molecule has 0 saturated carbocycles. The number of non-ortho nitro benzene ring substituents is 1. The van der Waals surface area contributed by atoms with E-state index >= 15 is 0 Å². The van der Waals surface area contributed by atoms with Crippen molar-refractivity contribution in [2.24, 2.45) is 0 Å². The average Bonchev–Trinajstić information content (AvgIpc) is 3.41. The molecule has 2 heterocycles. The fraction of sp³-hybridized carbons (Fsp3) is 0.148. The third-order valence-electron chi connectivity index (χ3n) is 6.24. The molecule has 0 spiro atoms. The lowest BCUT2D eigenvalue weighted by molar-refractivity contribution is -0.384. The molecule has 8 nitrogen and oxygen atoms in total. The summed E-state index contributed by atoms with van der Waals surface area (Å²) < 4.78 is 0.868. The first kappa shape index (κ1) is 23.4. The van der Waals surface area contributed by atoms with Crippen LogP contribution < -0.4 is 4.90 Å². The topological polar surface area (TPSA) is 114 Å². The van der Waals surface area contributed by atoms with Crippen molar-refractivity contribution in [2.45, 2.75) is 26.3 Å².